The summed E-state index contributed by atoms with van der Waals surface area (Å²) < 4.78 is 5.59. The Morgan fingerprint density at radius 1 is 0.955 bits per heavy atom. The van der Waals surface area contributed by atoms with Crippen LogP contribution in [0, 0.1) is 27.7 Å². The third-order valence-electron chi connectivity index (χ3n) is 3.56. The second-order valence-electron chi connectivity index (χ2n) is 5.73. The number of ether oxygens (including phenoxy) is 1. The van der Waals surface area contributed by atoms with Crippen molar-refractivity contribution in [2.45, 2.75) is 34.1 Å². The van der Waals surface area contributed by atoms with Crippen molar-refractivity contribution in [3.8, 4) is 5.75 Å². The number of hydrogen-bond acceptors (Lipinski definition) is 2. The fourth-order valence-electron chi connectivity index (χ4n) is 2.48. The van der Waals surface area contributed by atoms with Crippen molar-refractivity contribution in [1.82, 2.24) is 0 Å². The van der Waals surface area contributed by atoms with Gasteiger partial charge in [-0.2, -0.15) is 0 Å². The zero-order valence-electron chi connectivity index (χ0n) is 13.7. The third-order valence-corrected chi connectivity index (χ3v) is 3.56. The minimum Gasteiger partial charge on any atom is -0.493 e. The third kappa shape index (κ3) is 4.35. The van der Waals surface area contributed by atoms with E-state index in [4.69, 9.17) is 4.74 Å². The fourth-order valence-corrected chi connectivity index (χ4v) is 2.48. The first kappa shape index (κ1) is 16.1. The summed E-state index contributed by atoms with van der Waals surface area (Å²) in [6.07, 6.45) is 0.334. The molecule has 0 saturated heterocycles. The van der Waals surface area contributed by atoms with Gasteiger partial charge in [-0.3, -0.25) is 4.79 Å². The summed E-state index contributed by atoms with van der Waals surface area (Å²) >= 11 is 0. The van der Waals surface area contributed by atoms with Crippen molar-refractivity contribution < 1.29 is 9.53 Å². The molecule has 0 saturated carbocycles. The highest BCUT2D eigenvalue weighted by atomic mass is 16.5. The van der Waals surface area contributed by atoms with E-state index in [-0.39, 0.29) is 5.91 Å². The van der Waals surface area contributed by atoms with Gasteiger partial charge in [-0.1, -0.05) is 35.4 Å². The number of anilines is 1. The zero-order chi connectivity index (χ0) is 16.1. The summed E-state index contributed by atoms with van der Waals surface area (Å²) in [5.41, 5.74) is 5.48. The van der Waals surface area contributed by atoms with Gasteiger partial charge < -0.3 is 10.1 Å². The number of carbonyl (C=O) groups is 1. The second-order valence-corrected chi connectivity index (χ2v) is 5.73. The predicted molar refractivity (Wildman–Crippen MR) is 90.6 cm³/mol. The first-order chi connectivity index (χ1) is 10.5. The Kier molecular flexibility index (Phi) is 5.21. The van der Waals surface area contributed by atoms with E-state index in [2.05, 4.69) is 24.4 Å². The van der Waals surface area contributed by atoms with Crippen LogP contribution in [0.4, 0.5) is 5.69 Å². The molecule has 116 valence electrons. The molecule has 0 aromatic heterocycles. The lowest BCUT2D eigenvalue weighted by Crippen LogP contribution is -2.16. The van der Waals surface area contributed by atoms with Crippen LogP contribution < -0.4 is 10.1 Å². The molecule has 3 nitrogen and oxygen atoms in total. The van der Waals surface area contributed by atoms with Crippen molar-refractivity contribution >= 4 is 11.6 Å². The van der Waals surface area contributed by atoms with Crippen LogP contribution in [0.5, 0.6) is 5.75 Å². The average Bonchev–Trinajstić information content (AvgIpc) is 2.45. The number of nitrogens with one attached hydrogen (secondary N) is 1. The molecule has 0 bridgehead atoms. The molecule has 2 aromatic rings. The van der Waals surface area contributed by atoms with Crippen LogP contribution in [0.3, 0.4) is 0 Å². The molecule has 2 rings (SSSR count). The summed E-state index contributed by atoms with van der Waals surface area (Å²) in [6, 6.07) is 12.0. The Morgan fingerprint density at radius 2 is 1.55 bits per heavy atom. The average molecular weight is 297 g/mol. The Hall–Kier alpha value is -2.29. The molecule has 0 aliphatic rings. The topological polar surface area (TPSA) is 38.3 Å². The molecular formula is C19H23NO2. The molecule has 22 heavy (non-hydrogen) atoms. The summed E-state index contributed by atoms with van der Waals surface area (Å²) in [7, 11) is 0. The summed E-state index contributed by atoms with van der Waals surface area (Å²) in [4.78, 5) is 12.1. The van der Waals surface area contributed by atoms with E-state index in [1.165, 1.54) is 11.1 Å². The van der Waals surface area contributed by atoms with E-state index in [1.54, 1.807) is 0 Å². The molecule has 0 radical (unpaired) electrons. The standard InChI is InChI=1S/C19H23NO2/c1-13-5-7-17(8-6-13)22-10-9-18(21)20-19-15(3)11-14(2)12-16(19)4/h5-8,11-12H,9-10H2,1-4H3,(H,20,21). The number of aryl methyl sites for hydroxylation is 4. The summed E-state index contributed by atoms with van der Waals surface area (Å²) in [5.74, 6) is 0.767. The maximum atomic E-state index is 12.1. The Balaban J connectivity index is 1.87. The van der Waals surface area contributed by atoms with Crippen molar-refractivity contribution in [2.75, 3.05) is 11.9 Å². The molecule has 0 spiro atoms. The number of rotatable bonds is 5. The lowest BCUT2D eigenvalue weighted by atomic mass is 10.1. The number of amides is 1. The van der Waals surface area contributed by atoms with Gasteiger partial charge in [-0.15, -0.1) is 0 Å². The molecule has 2 aromatic carbocycles. The van der Waals surface area contributed by atoms with Gasteiger partial charge in [0.25, 0.3) is 0 Å². The number of carbonyl (C=O) groups excluding carboxylic acids is 1. The highest BCUT2D eigenvalue weighted by Crippen LogP contribution is 2.22. The maximum absolute atomic E-state index is 12.1. The van der Waals surface area contributed by atoms with Crippen LogP contribution >= 0.6 is 0 Å². The molecule has 0 atom stereocenters. The van der Waals surface area contributed by atoms with Crippen LogP contribution in [0.25, 0.3) is 0 Å². The van der Waals surface area contributed by atoms with Gasteiger partial charge in [0.1, 0.15) is 5.75 Å². The zero-order valence-corrected chi connectivity index (χ0v) is 13.7. The fraction of sp³-hybridized carbons (Fsp3) is 0.316. The lowest BCUT2D eigenvalue weighted by molar-refractivity contribution is -0.116. The van der Waals surface area contributed by atoms with Gasteiger partial charge in [0.2, 0.25) is 5.91 Å². The summed E-state index contributed by atoms with van der Waals surface area (Å²) in [6.45, 7) is 8.49. The first-order valence-electron chi connectivity index (χ1n) is 7.53. The molecular weight excluding hydrogens is 274 g/mol. The van der Waals surface area contributed by atoms with Crippen LogP contribution in [0.15, 0.2) is 36.4 Å². The van der Waals surface area contributed by atoms with E-state index in [9.17, 15) is 4.79 Å². The van der Waals surface area contributed by atoms with Crippen LogP contribution in [0.1, 0.15) is 28.7 Å². The Morgan fingerprint density at radius 3 is 2.14 bits per heavy atom. The highest BCUT2D eigenvalue weighted by molar-refractivity contribution is 5.92. The van der Waals surface area contributed by atoms with Crippen molar-refractivity contribution in [2.24, 2.45) is 0 Å². The smallest absolute Gasteiger partial charge is 0.227 e. The van der Waals surface area contributed by atoms with Gasteiger partial charge >= 0.3 is 0 Å². The minimum atomic E-state index is -0.0258. The van der Waals surface area contributed by atoms with Crippen molar-refractivity contribution in [1.29, 1.82) is 0 Å². The SMILES string of the molecule is Cc1ccc(OCCC(=O)Nc2c(C)cc(C)cc2C)cc1. The Labute approximate surface area is 132 Å². The van der Waals surface area contributed by atoms with E-state index in [0.29, 0.717) is 13.0 Å². The quantitative estimate of drug-likeness (QED) is 0.892. The maximum Gasteiger partial charge on any atom is 0.227 e. The normalized spacial score (nSPS) is 10.4. The van der Waals surface area contributed by atoms with Crippen molar-refractivity contribution in [3.05, 3.63) is 58.7 Å². The number of benzene rings is 2. The molecule has 0 aliphatic heterocycles. The monoisotopic (exact) mass is 297 g/mol. The van der Waals surface area contributed by atoms with Gasteiger partial charge in [0.05, 0.1) is 13.0 Å². The summed E-state index contributed by atoms with van der Waals surface area (Å²) in [5, 5.41) is 2.98. The highest BCUT2D eigenvalue weighted by Gasteiger charge is 2.08. The second kappa shape index (κ2) is 7.12. The van der Waals surface area contributed by atoms with Crippen LogP contribution in [0.2, 0.25) is 0 Å². The minimum absolute atomic E-state index is 0.0258. The van der Waals surface area contributed by atoms with E-state index in [0.717, 1.165) is 22.6 Å². The predicted octanol–water partition coefficient (Wildman–Crippen LogP) is 4.33. The Bertz CT molecular complexity index is 637. The molecule has 0 heterocycles. The largest absolute Gasteiger partial charge is 0.493 e. The number of hydrogen-bond donors (Lipinski definition) is 1. The first-order valence-corrected chi connectivity index (χ1v) is 7.53. The molecule has 0 unspecified atom stereocenters. The van der Waals surface area contributed by atoms with Gasteiger partial charge in [-0.25, -0.2) is 0 Å². The van der Waals surface area contributed by atoms with Gasteiger partial charge in [0, 0.05) is 5.69 Å². The molecule has 0 fully saturated rings. The van der Waals surface area contributed by atoms with Gasteiger partial charge in [-0.05, 0) is 51.0 Å². The van der Waals surface area contributed by atoms with Crippen LogP contribution in [-0.2, 0) is 4.79 Å². The van der Waals surface area contributed by atoms with E-state index in [1.807, 2.05) is 45.0 Å². The lowest BCUT2D eigenvalue weighted by Gasteiger charge is -2.13. The molecule has 3 heteroatoms. The molecule has 1 amide bonds. The van der Waals surface area contributed by atoms with Crippen molar-refractivity contribution in [3.63, 3.8) is 0 Å². The molecule has 0 aliphatic carbocycles. The van der Waals surface area contributed by atoms with E-state index >= 15 is 0 Å². The van der Waals surface area contributed by atoms with E-state index < -0.39 is 0 Å². The van der Waals surface area contributed by atoms with Crippen LogP contribution in [-0.4, -0.2) is 12.5 Å². The van der Waals surface area contributed by atoms with Gasteiger partial charge in [0.15, 0.2) is 0 Å². The molecule has 1 N–H and O–H groups in total.